The molecule has 7 nitrogen and oxygen atoms in total. The summed E-state index contributed by atoms with van der Waals surface area (Å²) in [5.74, 6) is -0.581. The summed E-state index contributed by atoms with van der Waals surface area (Å²) in [5.41, 5.74) is 2.20. The van der Waals surface area contributed by atoms with Gasteiger partial charge in [-0.25, -0.2) is 4.52 Å². The summed E-state index contributed by atoms with van der Waals surface area (Å²) < 4.78 is 75.3. The molecule has 0 saturated carbocycles. The van der Waals surface area contributed by atoms with E-state index in [1.54, 1.807) is 46.0 Å². The molecular weight excluding hydrogens is 597 g/mol. The molecule has 38 heavy (non-hydrogen) atoms. The molecule has 1 N–H and O–H groups in total. The predicted octanol–water partition coefficient (Wildman–Crippen LogP) is 7.87. The SMILES string of the molecule is COc1ccc(NC(=O)c2cc(Br)cc(S(F)(F)(F)(F)F)c2)cc1-n1ccn2nc(-c3cccnc3)cc12. The van der Waals surface area contributed by atoms with Crippen LogP contribution < -0.4 is 10.1 Å². The van der Waals surface area contributed by atoms with Gasteiger partial charge in [0.05, 0.1) is 18.5 Å². The Kier molecular flexibility index (Phi) is 5.62. The maximum atomic E-state index is 13.3. The Hall–Kier alpha value is -3.91. The summed E-state index contributed by atoms with van der Waals surface area (Å²) in [5, 5.41) is 7.00. The first-order valence-electron chi connectivity index (χ1n) is 10.7. The average molecular weight is 614 g/mol. The Balaban J connectivity index is 1.51. The molecule has 0 atom stereocenters. The molecule has 14 heteroatoms. The summed E-state index contributed by atoms with van der Waals surface area (Å²) >= 11 is 2.78. The number of carbonyl (C=O) groups is 1. The minimum atomic E-state index is -10.0. The topological polar surface area (TPSA) is 73.5 Å². The van der Waals surface area contributed by atoms with Gasteiger partial charge >= 0.3 is 10.2 Å². The van der Waals surface area contributed by atoms with Crippen LogP contribution in [0.5, 0.6) is 5.75 Å². The zero-order chi connectivity index (χ0) is 27.4. The number of aromatic nitrogens is 4. The van der Waals surface area contributed by atoms with Crippen LogP contribution in [0.25, 0.3) is 22.6 Å². The molecule has 0 aliphatic heterocycles. The summed E-state index contributed by atoms with van der Waals surface area (Å²) in [7, 11) is -8.55. The molecular formula is C24H17BrF5N5O2S. The smallest absolute Gasteiger partial charge is 0.310 e. The lowest BCUT2D eigenvalue weighted by atomic mass is 10.2. The van der Waals surface area contributed by atoms with Crippen LogP contribution in [0.1, 0.15) is 10.4 Å². The highest BCUT2D eigenvalue weighted by molar-refractivity contribution is 9.10. The van der Waals surface area contributed by atoms with Gasteiger partial charge in [0.1, 0.15) is 16.3 Å². The number of halogens is 6. The third kappa shape index (κ3) is 5.09. The van der Waals surface area contributed by atoms with Crippen molar-refractivity contribution in [3.63, 3.8) is 0 Å². The van der Waals surface area contributed by atoms with Crippen molar-refractivity contribution in [3.8, 4) is 22.7 Å². The van der Waals surface area contributed by atoms with Crippen LogP contribution in [0, 0.1) is 0 Å². The van der Waals surface area contributed by atoms with Crippen molar-refractivity contribution in [1.29, 1.82) is 0 Å². The van der Waals surface area contributed by atoms with E-state index in [0.29, 0.717) is 22.8 Å². The fourth-order valence-corrected chi connectivity index (χ4v) is 5.16. The molecule has 0 unspecified atom stereocenters. The van der Waals surface area contributed by atoms with Crippen molar-refractivity contribution in [2.24, 2.45) is 0 Å². The monoisotopic (exact) mass is 613 g/mol. The van der Waals surface area contributed by atoms with Crippen molar-refractivity contribution >= 4 is 43.4 Å². The van der Waals surface area contributed by atoms with Gasteiger partial charge in [0.2, 0.25) is 0 Å². The Bertz CT molecular complexity index is 1710. The van der Waals surface area contributed by atoms with Crippen LogP contribution in [0.15, 0.2) is 88.8 Å². The summed E-state index contributed by atoms with van der Waals surface area (Å²) in [6.45, 7) is 0. The molecule has 0 radical (unpaired) electrons. The van der Waals surface area contributed by atoms with Crippen LogP contribution in [-0.2, 0) is 0 Å². The Morgan fingerprint density at radius 2 is 1.82 bits per heavy atom. The minimum Gasteiger partial charge on any atom is -0.495 e. The number of ether oxygens (including phenoxy) is 1. The number of imidazole rings is 1. The largest absolute Gasteiger partial charge is 0.495 e. The second-order valence-corrected chi connectivity index (χ2v) is 11.6. The fourth-order valence-electron chi connectivity index (χ4n) is 3.82. The first-order chi connectivity index (χ1) is 17.7. The van der Waals surface area contributed by atoms with Gasteiger partial charge in [-0.1, -0.05) is 35.4 Å². The van der Waals surface area contributed by atoms with Gasteiger partial charge in [0.25, 0.3) is 5.91 Å². The van der Waals surface area contributed by atoms with E-state index in [-0.39, 0.29) is 22.3 Å². The van der Waals surface area contributed by atoms with Gasteiger partial charge in [0, 0.05) is 52.1 Å². The molecule has 0 aliphatic carbocycles. The number of benzene rings is 2. The second-order valence-electron chi connectivity index (χ2n) is 8.23. The third-order valence-corrected chi connectivity index (χ3v) is 7.14. The molecule has 2 aromatic carbocycles. The molecule has 5 rings (SSSR count). The van der Waals surface area contributed by atoms with E-state index in [0.717, 1.165) is 11.6 Å². The van der Waals surface area contributed by atoms with Crippen molar-refractivity contribution < 1.29 is 29.0 Å². The maximum Gasteiger partial charge on any atom is 0.310 e. The Morgan fingerprint density at radius 3 is 2.50 bits per heavy atom. The number of nitrogens with zero attached hydrogens (tertiary/aromatic N) is 4. The summed E-state index contributed by atoms with van der Waals surface area (Å²) in [4.78, 5) is 14.7. The van der Waals surface area contributed by atoms with Crippen molar-refractivity contribution in [1.82, 2.24) is 19.2 Å². The quantitative estimate of drug-likeness (QED) is 0.198. The zero-order valence-corrected chi connectivity index (χ0v) is 21.7. The number of hydrogen-bond donors (Lipinski definition) is 1. The van der Waals surface area contributed by atoms with Gasteiger partial charge in [-0.15, -0.1) is 0 Å². The lowest BCUT2D eigenvalue weighted by Gasteiger charge is -2.40. The highest BCUT2D eigenvalue weighted by Crippen LogP contribution is 3.02. The van der Waals surface area contributed by atoms with Crippen LogP contribution in [0.3, 0.4) is 0 Å². The van der Waals surface area contributed by atoms with Crippen molar-refractivity contribution in [2.45, 2.75) is 4.90 Å². The maximum absolute atomic E-state index is 13.3. The fraction of sp³-hybridized carbons (Fsp3) is 0.0417. The molecule has 0 fully saturated rings. The van der Waals surface area contributed by atoms with E-state index < -0.39 is 26.6 Å². The first-order valence-corrected chi connectivity index (χ1v) is 13.5. The average Bonchev–Trinajstić information content (AvgIpc) is 3.44. The standard InChI is InChI=1S/C24H17BrF5N5O2S/c1-37-22-5-4-18(32-24(36)16-9-17(25)11-19(10-16)38(26,27,28,29)30)12-21(22)34-7-8-35-23(34)13-20(33-35)15-3-2-6-31-14-15/h2-14H,1H3,(H,32,36). The van der Waals surface area contributed by atoms with Gasteiger partial charge in [0.15, 0.2) is 0 Å². The molecule has 3 aromatic heterocycles. The Labute approximate surface area is 220 Å². The number of amides is 1. The highest BCUT2D eigenvalue weighted by Gasteiger charge is 2.65. The number of rotatable bonds is 6. The Morgan fingerprint density at radius 1 is 1.03 bits per heavy atom. The van der Waals surface area contributed by atoms with Gasteiger partial charge in [-0.3, -0.25) is 14.3 Å². The van der Waals surface area contributed by atoms with E-state index in [1.807, 2.05) is 12.1 Å². The number of pyridine rings is 1. The van der Waals surface area contributed by atoms with Crippen molar-refractivity contribution in [2.75, 3.05) is 12.4 Å². The van der Waals surface area contributed by atoms with E-state index in [1.165, 1.54) is 19.2 Å². The summed E-state index contributed by atoms with van der Waals surface area (Å²) in [6, 6.07) is 11.4. The lowest BCUT2D eigenvalue weighted by molar-refractivity contribution is 0.102. The zero-order valence-electron chi connectivity index (χ0n) is 19.3. The predicted molar refractivity (Wildman–Crippen MR) is 138 cm³/mol. The molecule has 5 aromatic rings. The molecule has 0 bridgehead atoms. The van der Waals surface area contributed by atoms with E-state index in [9.17, 15) is 24.2 Å². The number of anilines is 1. The number of nitrogens with one attached hydrogen (secondary N) is 1. The highest BCUT2D eigenvalue weighted by atomic mass is 79.9. The summed E-state index contributed by atoms with van der Waals surface area (Å²) in [6.07, 6.45) is 6.75. The minimum absolute atomic E-state index is 0.133. The van der Waals surface area contributed by atoms with E-state index >= 15 is 0 Å². The number of fused-ring (bicyclic) bond motifs is 1. The van der Waals surface area contributed by atoms with E-state index in [4.69, 9.17) is 4.74 Å². The van der Waals surface area contributed by atoms with Crippen LogP contribution >= 0.6 is 26.2 Å². The van der Waals surface area contributed by atoms with Gasteiger partial charge < -0.3 is 10.1 Å². The van der Waals surface area contributed by atoms with Crippen LogP contribution in [-0.4, -0.2) is 32.2 Å². The third-order valence-electron chi connectivity index (χ3n) is 5.55. The first kappa shape index (κ1) is 25.7. The molecule has 198 valence electrons. The second kappa shape index (κ2) is 8.30. The number of hydrogen-bond acceptors (Lipinski definition) is 4. The lowest BCUT2D eigenvalue weighted by Crippen LogP contribution is -2.14. The van der Waals surface area contributed by atoms with Crippen molar-refractivity contribution in [3.05, 3.63) is 89.4 Å². The molecule has 0 spiro atoms. The number of carbonyl (C=O) groups excluding carboxylic acids is 1. The molecule has 0 saturated heterocycles. The molecule has 1 amide bonds. The molecule has 0 aliphatic rings. The van der Waals surface area contributed by atoms with Gasteiger partial charge in [-0.05, 0) is 48.5 Å². The normalized spacial score (nSPS) is 13.7. The van der Waals surface area contributed by atoms with E-state index in [2.05, 4.69) is 31.3 Å². The van der Waals surface area contributed by atoms with Crippen LogP contribution in [0.4, 0.5) is 25.1 Å². The van der Waals surface area contributed by atoms with Gasteiger partial charge in [-0.2, -0.15) is 5.10 Å². The molecule has 3 heterocycles. The van der Waals surface area contributed by atoms with Crippen LogP contribution in [0.2, 0.25) is 0 Å². The number of methoxy groups -OCH3 is 1.